The number of rotatable bonds is 7. The van der Waals surface area contributed by atoms with Crippen LogP contribution in [0, 0.1) is 0 Å². The summed E-state index contributed by atoms with van der Waals surface area (Å²) in [5.74, 6) is -0.166. The second-order valence-electron chi connectivity index (χ2n) is 7.52. The molecule has 2 aromatic rings. The molecule has 0 spiro atoms. The number of aromatic nitrogens is 1. The van der Waals surface area contributed by atoms with Gasteiger partial charge in [-0.15, -0.1) is 11.3 Å². The van der Waals surface area contributed by atoms with Gasteiger partial charge in [-0.3, -0.25) is 14.4 Å². The van der Waals surface area contributed by atoms with Gasteiger partial charge in [-0.2, -0.15) is 0 Å². The number of morpholine rings is 1. The number of hydrogen-bond donors (Lipinski definition) is 1. The molecule has 0 bridgehead atoms. The van der Waals surface area contributed by atoms with Crippen LogP contribution in [0.4, 0.5) is 0 Å². The minimum Gasteiger partial charge on any atom is -0.370 e. The number of fused-ring (bicyclic) bond motifs is 1. The second-order valence-corrected chi connectivity index (χ2v) is 8.52. The van der Waals surface area contributed by atoms with Gasteiger partial charge in [0.15, 0.2) is 0 Å². The Balaban J connectivity index is 1.40. The fourth-order valence-electron chi connectivity index (χ4n) is 3.97. The fraction of sp³-hybridized carbons (Fsp3) is 0.524. The number of pyridine rings is 1. The summed E-state index contributed by atoms with van der Waals surface area (Å²) in [6, 6.07) is 3.75. The Morgan fingerprint density at radius 1 is 1.39 bits per heavy atom. The molecule has 2 aliphatic rings. The number of hydrogen-bond acceptors (Lipinski definition) is 7. The van der Waals surface area contributed by atoms with Gasteiger partial charge < -0.3 is 24.6 Å². The first kappa shape index (κ1) is 21.7. The van der Waals surface area contributed by atoms with E-state index in [9.17, 15) is 14.4 Å². The molecule has 31 heavy (non-hydrogen) atoms. The van der Waals surface area contributed by atoms with Crippen molar-refractivity contribution in [3.05, 3.63) is 28.8 Å². The molecular weight excluding hydrogens is 420 g/mol. The van der Waals surface area contributed by atoms with Gasteiger partial charge in [0.2, 0.25) is 11.8 Å². The molecule has 0 aromatic carbocycles. The monoisotopic (exact) mass is 446 g/mol. The smallest absolute Gasteiger partial charge is 0.261 e. The zero-order valence-corrected chi connectivity index (χ0v) is 18.3. The van der Waals surface area contributed by atoms with Gasteiger partial charge in [0, 0.05) is 50.2 Å². The summed E-state index contributed by atoms with van der Waals surface area (Å²) in [5, 5.41) is 3.55. The number of nitrogens with one attached hydrogen (secondary N) is 1. The Bertz CT molecular complexity index is 978. The van der Waals surface area contributed by atoms with Crippen molar-refractivity contribution < 1.29 is 23.9 Å². The molecular formula is C21H26N4O5S. The molecule has 2 aliphatic heterocycles. The molecule has 4 rings (SSSR count). The zero-order chi connectivity index (χ0) is 21.8. The summed E-state index contributed by atoms with van der Waals surface area (Å²) in [4.78, 5) is 46.0. The molecule has 1 atom stereocenters. The summed E-state index contributed by atoms with van der Waals surface area (Å²) in [7, 11) is 1.59. The van der Waals surface area contributed by atoms with E-state index >= 15 is 0 Å². The fourth-order valence-corrected chi connectivity index (χ4v) is 5.11. The minimum absolute atomic E-state index is 0.0387. The lowest BCUT2D eigenvalue weighted by molar-refractivity contribution is -0.144. The van der Waals surface area contributed by atoms with Crippen LogP contribution in [0.25, 0.3) is 10.2 Å². The average Bonchev–Trinajstić information content (AvgIpc) is 3.39. The summed E-state index contributed by atoms with van der Waals surface area (Å²) in [6.45, 7) is 2.77. The second kappa shape index (κ2) is 9.71. The third kappa shape index (κ3) is 4.70. The summed E-state index contributed by atoms with van der Waals surface area (Å²) in [6.07, 6.45) is 2.77. The normalized spacial score (nSPS) is 19.3. The molecule has 2 aromatic heterocycles. The Labute approximate surface area is 184 Å². The van der Waals surface area contributed by atoms with Crippen LogP contribution in [0.3, 0.4) is 0 Å². The van der Waals surface area contributed by atoms with Crippen molar-refractivity contribution >= 4 is 39.3 Å². The van der Waals surface area contributed by atoms with Crippen molar-refractivity contribution in [2.24, 2.45) is 0 Å². The molecule has 1 N–H and O–H groups in total. The van der Waals surface area contributed by atoms with E-state index in [1.165, 1.54) is 11.3 Å². The van der Waals surface area contributed by atoms with E-state index in [0.717, 1.165) is 28.7 Å². The maximum absolute atomic E-state index is 12.7. The minimum atomic E-state index is -0.412. The van der Waals surface area contributed by atoms with Crippen LogP contribution in [0.15, 0.2) is 18.3 Å². The zero-order valence-electron chi connectivity index (χ0n) is 17.5. The summed E-state index contributed by atoms with van der Waals surface area (Å²) < 4.78 is 11.5. The number of carbonyl (C=O) groups excluding carboxylic acids is 3. The van der Waals surface area contributed by atoms with Crippen LogP contribution in [-0.2, 0) is 19.1 Å². The van der Waals surface area contributed by atoms with Crippen molar-refractivity contribution in [2.75, 3.05) is 53.0 Å². The number of likely N-dealkylation sites (tertiary alicyclic amines) is 1. The highest BCUT2D eigenvalue weighted by Crippen LogP contribution is 2.37. The average molecular weight is 447 g/mol. The maximum atomic E-state index is 12.7. The highest BCUT2D eigenvalue weighted by atomic mass is 32.1. The van der Waals surface area contributed by atoms with E-state index in [-0.39, 0.29) is 24.3 Å². The SMILES string of the molecule is CNC(=O)c1sc2ncccc2c1[C@@H]1CN(C(=O)COCCN2CCCC2=O)CCO1. The van der Waals surface area contributed by atoms with Gasteiger partial charge in [-0.25, -0.2) is 4.98 Å². The maximum Gasteiger partial charge on any atom is 0.261 e. The first-order chi connectivity index (χ1) is 15.1. The predicted octanol–water partition coefficient (Wildman–Crippen LogP) is 1.19. The Hall–Kier alpha value is -2.56. The van der Waals surface area contributed by atoms with Crippen LogP contribution in [0.2, 0.25) is 0 Å². The number of carbonyl (C=O) groups is 3. The Kier molecular flexibility index (Phi) is 6.79. The van der Waals surface area contributed by atoms with E-state index in [1.807, 2.05) is 12.1 Å². The van der Waals surface area contributed by atoms with Crippen molar-refractivity contribution in [2.45, 2.75) is 18.9 Å². The first-order valence-corrected chi connectivity index (χ1v) is 11.2. The molecule has 9 nitrogen and oxygen atoms in total. The quantitative estimate of drug-likeness (QED) is 0.642. The molecule has 10 heteroatoms. The van der Waals surface area contributed by atoms with Crippen LogP contribution in [0.5, 0.6) is 0 Å². The number of amides is 3. The summed E-state index contributed by atoms with van der Waals surface area (Å²) >= 11 is 1.33. The van der Waals surface area contributed by atoms with Gasteiger partial charge in [-0.05, 0) is 12.5 Å². The largest absolute Gasteiger partial charge is 0.370 e. The third-order valence-corrected chi connectivity index (χ3v) is 6.71. The van der Waals surface area contributed by atoms with E-state index in [0.29, 0.717) is 44.1 Å². The van der Waals surface area contributed by atoms with Crippen LogP contribution >= 0.6 is 11.3 Å². The van der Waals surface area contributed by atoms with E-state index in [2.05, 4.69) is 10.3 Å². The van der Waals surface area contributed by atoms with Gasteiger partial charge in [-0.1, -0.05) is 6.07 Å². The lowest BCUT2D eigenvalue weighted by Gasteiger charge is -2.33. The first-order valence-electron chi connectivity index (χ1n) is 10.4. The van der Waals surface area contributed by atoms with Crippen molar-refractivity contribution in [3.8, 4) is 0 Å². The molecule has 166 valence electrons. The molecule has 2 saturated heterocycles. The highest BCUT2D eigenvalue weighted by molar-refractivity contribution is 7.20. The molecule has 2 fully saturated rings. The lowest BCUT2D eigenvalue weighted by atomic mass is 10.0. The molecule has 3 amide bonds. The van der Waals surface area contributed by atoms with Gasteiger partial charge in [0.05, 0.1) is 19.8 Å². The Morgan fingerprint density at radius 2 is 2.26 bits per heavy atom. The lowest BCUT2D eigenvalue weighted by Crippen LogP contribution is -2.44. The number of nitrogens with zero attached hydrogens (tertiary/aromatic N) is 3. The van der Waals surface area contributed by atoms with Crippen molar-refractivity contribution in [1.82, 2.24) is 20.1 Å². The topological polar surface area (TPSA) is 101 Å². The van der Waals surface area contributed by atoms with Gasteiger partial charge >= 0.3 is 0 Å². The van der Waals surface area contributed by atoms with Crippen molar-refractivity contribution in [1.29, 1.82) is 0 Å². The van der Waals surface area contributed by atoms with Gasteiger partial charge in [0.25, 0.3) is 5.91 Å². The van der Waals surface area contributed by atoms with E-state index in [4.69, 9.17) is 9.47 Å². The molecule has 0 unspecified atom stereocenters. The molecule has 4 heterocycles. The van der Waals surface area contributed by atoms with Crippen LogP contribution < -0.4 is 5.32 Å². The molecule has 0 radical (unpaired) electrons. The molecule has 0 saturated carbocycles. The van der Waals surface area contributed by atoms with E-state index in [1.54, 1.807) is 23.0 Å². The van der Waals surface area contributed by atoms with Crippen molar-refractivity contribution in [3.63, 3.8) is 0 Å². The summed E-state index contributed by atoms with van der Waals surface area (Å²) in [5.41, 5.74) is 0.776. The predicted molar refractivity (Wildman–Crippen MR) is 115 cm³/mol. The highest BCUT2D eigenvalue weighted by Gasteiger charge is 2.31. The van der Waals surface area contributed by atoms with Gasteiger partial charge in [0.1, 0.15) is 22.4 Å². The van der Waals surface area contributed by atoms with E-state index < -0.39 is 6.10 Å². The Morgan fingerprint density at radius 3 is 3.03 bits per heavy atom. The number of thiophene rings is 1. The number of ether oxygens (including phenoxy) is 2. The van der Waals surface area contributed by atoms with Crippen LogP contribution in [0.1, 0.15) is 34.2 Å². The third-order valence-electron chi connectivity index (χ3n) is 5.58. The molecule has 0 aliphatic carbocycles. The standard InChI is InChI=1S/C21H26N4O5S/c1-22-20(28)19-18(14-4-2-6-23-21(14)31-19)15-12-25(9-11-30-15)17(27)13-29-10-8-24-7-3-5-16(24)26/h2,4,6,15H,3,5,7-13H2,1H3,(H,22,28)/t15-/m0/s1. The van der Waals surface area contributed by atoms with Crippen LogP contribution in [-0.4, -0.2) is 85.6 Å².